The average Bonchev–Trinajstić information content (AvgIpc) is 2.48. The van der Waals surface area contributed by atoms with Gasteiger partial charge in [0.2, 0.25) is 0 Å². The second kappa shape index (κ2) is 7.18. The first-order valence-corrected chi connectivity index (χ1v) is 7.50. The van der Waals surface area contributed by atoms with Crippen molar-refractivity contribution >= 4 is 11.5 Å². The zero-order valence-corrected chi connectivity index (χ0v) is 13.1. The second-order valence-corrected chi connectivity index (χ2v) is 5.51. The molecule has 2 rings (SSSR count). The molecule has 112 valence electrons. The summed E-state index contributed by atoms with van der Waals surface area (Å²) in [5.41, 5.74) is 7.82. The highest BCUT2D eigenvalue weighted by Gasteiger charge is 2.13. The summed E-state index contributed by atoms with van der Waals surface area (Å²) < 4.78 is 0. The number of anilines is 2. The average molecular weight is 284 g/mol. The van der Waals surface area contributed by atoms with Crippen LogP contribution in [-0.4, -0.2) is 23.1 Å². The Morgan fingerprint density at radius 1 is 1.14 bits per heavy atom. The van der Waals surface area contributed by atoms with E-state index >= 15 is 0 Å². The number of rotatable bonds is 6. The van der Waals surface area contributed by atoms with E-state index in [1.54, 1.807) is 0 Å². The van der Waals surface area contributed by atoms with Crippen molar-refractivity contribution in [3.63, 3.8) is 0 Å². The maximum absolute atomic E-state index is 5.68. The van der Waals surface area contributed by atoms with E-state index in [4.69, 9.17) is 10.7 Å². The summed E-state index contributed by atoms with van der Waals surface area (Å²) in [5, 5.41) is 0. The van der Waals surface area contributed by atoms with Crippen molar-refractivity contribution in [3.05, 3.63) is 47.9 Å². The van der Waals surface area contributed by atoms with Gasteiger partial charge in [0.25, 0.3) is 0 Å². The smallest absolute Gasteiger partial charge is 0.136 e. The molecule has 4 heteroatoms. The minimum absolute atomic E-state index is 0.316. The van der Waals surface area contributed by atoms with E-state index in [0.29, 0.717) is 12.5 Å². The molecule has 0 saturated carbocycles. The van der Waals surface area contributed by atoms with Gasteiger partial charge in [0.05, 0.1) is 0 Å². The van der Waals surface area contributed by atoms with Gasteiger partial charge in [0, 0.05) is 29.9 Å². The van der Waals surface area contributed by atoms with E-state index in [9.17, 15) is 0 Å². The lowest BCUT2D eigenvalue weighted by molar-refractivity contribution is 0.751. The molecule has 0 aliphatic heterocycles. The zero-order chi connectivity index (χ0) is 15.2. The SMILES string of the molecule is Cc1cc(N(CCCN)c2ccccc2)nc(C(C)C)n1. The molecule has 0 aliphatic carbocycles. The van der Waals surface area contributed by atoms with Crippen molar-refractivity contribution in [2.45, 2.75) is 33.1 Å². The number of nitrogens with zero attached hydrogens (tertiary/aromatic N) is 3. The lowest BCUT2D eigenvalue weighted by Crippen LogP contribution is -2.22. The van der Waals surface area contributed by atoms with Crippen molar-refractivity contribution in [2.24, 2.45) is 5.73 Å². The number of aryl methyl sites for hydroxylation is 1. The van der Waals surface area contributed by atoms with E-state index in [1.165, 1.54) is 0 Å². The van der Waals surface area contributed by atoms with Crippen molar-refractivity contribution in [1.29, 1.82) is 0 Å². The van der Waals surface area contributed by atoms with Crippen LogP contribution in [0.3, 0.4) is 0 Å². The van der Waals surface area contributed by atoms with Crippen LogP contribution in [0.4, 0.5) is 11.5 Å². The van der Waals surface area contributed by atoms with Gasteiger partial charge >= 0.3 is 0 Å². The highest BCUT2D eigenvalue weighted by Crippen LogP contribution is 2.25. The Kier molecular flexibility index (Phi) is 5.28. The lowest BCUT2D eigenvalue weighted by Gasteiger charge is -2.24. The standard InChI is InChI=1S/C17H24N4/c1-13(2)17-19-14(3)12-16(20-17)21(11-7-10-18)15-8-5-4-6-9-15/h4-6,8-9,12-13H,7,10-11,18H2,1-3H3. The molecule has 0 amide bonds. The molecule has 1 aromatic carbocycles. The fraction of sp³-hybridized carbons (Fsp3) is 0.412. The molecular formula is C17H24N4. The monoisotopic (exact) mass is 284 g/mol. The summed E-state index contributed by atoms with van der Waals surface area (Å²) >= 11 is 0. The van der Waals surface area contributed by atoms with Crippen LogP contribution in [0.25, 0.3) is 0 Å². The van der Waals surface area contributed by atoms with E-state index in [2.05, 4.69) is 35.9 Å². The Morgan fingerprint density at radius 3 is 2.48 bits per heavy atom. The van der Waals surface area contributed by atoms with Gasteiger partial charge in [-0.3, -0.25) is 0 Å². The minimum Gasteiger partial charge on any atom is -0.330 e. The Balaban J connectivity index is 2.41. The van der Waals surface area contributed by atoms with Gasteiger partial charge in [-0.2, -0.15) is 0 Å². The van der Waals surface area contributed by atoms with Crippen LogP contribution in [-0.2, 0) is 0 Å². The number of hydrogen-bond donors (Lipinski definition) is 1. The number of hydrogen-bond acceptors (Lipinski definition) is 4. The van der Waals surface area contributed by atoms with Crippen LogP contribution >= 0.6 is 0 Å². The predicted octanol–water partition coefficient (Wildman–Crippen LogP) is 3.40. The fourth-order valence-electron chi connectivity index (χ4n) is 2.20. The van der Waals surface area contributed by atoms with Crippen molar-refractivity contribution < 1.29 is 0 Å². The van der Waals surface area contributed by atoms with Crippen LogP contribution in [0.5, 0.6) is 0 Å². The molecule has 2 aromatic rings. The molecule has 0 radical (unpaired) electrons. The number of nitrogens with two attached hydrogens (primary N) is 1. The van der Waals surface area contributed by atoms with Gasteiger partial charge in [0.1, 0.15) is 11.6 Å². The first kappa shape index (κ1) is 15.4. The molecule has 4 nitrogen and oxygen atoms in total. The second-order valence-electron chi connectivity index (χ2n) is 5.51. The van der Waals surface area contributed by atoms with Crippen LogP contribution in [0.2, 0.25) is 0 Å². The predicted molar refractivity (Wildman–Crippen MR) is 88.0 cm³/mol. The fourth-order valence-corrected chi connectivity index (χ4v) is 2.20. The maximum atomic E-state index is 5.68. The van der Waals surface area contributed by atoms with Gasteiger partial charge in [-0.15, -0.1) is 0 Å². The molecule has 0 unspecified atom stereocenters. The first-order valence-electron chi connectivity index (χ1n) is 7.50. The van der Waals surface area contributed by atoms with Gasteiger partial charge in [-0.05, 0) is 32.0 Å². The molecule has 0 fully saturated rings. The molecule has 0 aliphatic rings. The lowest BCUT2D eigenvalue weighted by atomic mass is 10.2. The summed E-state index contributed by atoms with van der Waals surface area (Å²) in [6.45, 7) is 7.78. The summed E-state index contributed by atoms with van der Waals surface area (Å²) in [6.07, 6.45) is 0.926. The van der Waals surface area contributed by atoms with Crippen molar-refractivity contribution in [3.8, 4) is 0 Å². The van der Waals surface area contributed by atoms with E-state index in [1.807, 2.05) is 31.2 Å². The largest absolute Gasteiger partial charge is 0.330 e. The van der Waals surface area contributed by atoms with E-state index in [0.717, 1.165) is 36.0 Å². The van der Waals surface area contributed by atoms with Crippen LogP contribution in [0.1, 0.15) is 37.7 Å². The molecule has 0 saturated heterocycles. The number of aromatic nitrogens is 2. The van der Waals surface area contributed by atoms with Gasteiger partial charge in [0.15, 0.2) is 0 Å². The van der Waals surface area contributed by atoms with E-state index in [-0.39, 0.29) is 0 Å². The van der Waals surface area contributed by atoms with Crippen LogP contribution in [0.15, 0.2) is 36.4 Å². The molecule has 21 heavy (non-hydrogen) atoms. The summed E-state index contributed by atoms with van der Waals surface area (Å²) in [5.74, 6) is 2.15. The Bertz CT molecular complexity index is 566. The van der Waals surface area contributed by atoms with Gasteiger partial charge in [-0.1, -0.05) is 32.0 Å². The highest BCUT2D eigenvalue weighted by atomic mass is 15.2. The number of para-hydroxylation sites is 1. The van der Waals surface area contributed by atoms with Crippen molar-refractivity contribution in [1.82, 2.24) is 9.97 Å². The van der Waals surface area contributed by atoms with E-state index < -0.39 is 0 Å². The maximum Gasteiger partial charge on any atom is 0.136 e. The third-order valence-corrected chi connectivity index (χ3v) is 3.30. The third kappa shape index (κ3) is 4.02. The molecule has 1 aromatic heterocycles. The van der Waals surface area contributed by atoms with Gasteiger partial charge < -0.3 is 10.6 Å². The topological polar surface area (TPSA) is 55.0 Å². The Labute approximate surface area is 127 Å². The molecule has 0 atom stereocenters. The quantitative estimate of drug-likeness (QED) is 0.883. The molecule has 0 spiro atoms. The Hall–Kier alpha value is -1.94. The molecule has 0 bridgehead atoms. The number of benzene rings is 1. The summed E-state index contributed by atoms with van der Waals surface area (Å²) in [7, 11) is 0. The zero-order valence-electron chi connectivity index (χ0n) is 13.1. The van der Waals surface area contributed by atoms with Crippen molar-refractivity contribution in [2.75, 3.05) is 18.0 Å². The summed E-state index contributed by atoms with van der Waals surface area (Å²) in [6, 6.07) is 12.3. The third-order valence-electron chi connectivity index (χ3n) is 3.30. The Morgan fingerprint density at radius 2 is 1.86 bits per heavy atom. The van der Waals surface area contributed by atoms with Gasteiger partial charge in [-0.25, -0.2) is 9.97 Å². The minimum atomic E-state index is 0.316. The van der Waals surface area contributed by atoms with Crippen LogP contribution < -0.4 is 10.6 Å². The summed E-state index contributed by atoms with van der Waals surface area (Å²) in [4.78, 5) is 11.5. The molecule has 2 N–H and O–H groups in total. The normalized spacial score (nSPS) is 10.9. The first-order chi connectivity index (χ1) is 10.1. The highest BCUT2D eigenvalue weighted by molar-refractivity contribution is 5.60. The molecule has 1 heterocycles. The molecular weight excluding hydrogens is 260 g/mol. The van der Waals surface area contributed by atoms with Crippen LogP contribution in [0, 0.1) is 6.92 Å².